The Morgan fingerprint density at radius 3 is 2.58 bits per heavy atom. The van der Waals surface area contributed by atoms with Crippen molar-refractivity contribution in [3.05, 3.63) is 29.6 Å². The molecule has 7 heteroatoms. The number of thiol groups is 1. The van der Waals surface area contributed by atoms with Gasteiger partial charge in [-0.3, -0.25) is 4.79 Å². The molecule has 0 unspecified atom stereocenters. The van der Waals surface area contributed by atoms with E-state index >= 15 is 0 Å². The Hall–Kier alpha value is -1.24. The van der Waals surface area contributed by atoms with Gasteiger partial charge in [0.2, 0.25) is 0 Å². The lowest BCUT2D eigenvalue weighted by Crippen LogP contribution is -2.25. The summed E-state index contributed by atoms with van der Waals surface area (Å²) in [5, 5.41) is 2.37. The van der Waals surface area contributed by atoms with Gasteiger partial charge in [-0.15, -0.1) is 12.6 Å². The number of rotatable bonds is 5. The lowest BCUT2D eigenvalue weighted by Gasteiger charge is -2.08. The molecular weight excluding hydrogens is 282 g/mol. The number of carbonyl (C=O) groups excluding carboxylic acids is 1. The Morgan fingerprint density at radius 2 is 1.95 bits per heavy atom. The molecule has 1 N–H and O–H groups in total. The first-order chi connectivity index (χ1) is 8.79. The van der Waals surface area contributed by atoms with Crippen molar-refractivity contribution in [3.8, 4) is 0 Å². The normalized spacial score (nSPS) is 11.4. The molecule has 0 aromatic heterocycles. The Kier molecular flexibility index (Phi) is 5.65. The van der Waals surface area contributed by atoms with Gasteiger partial charge in [-0.2, -0.15) is 13.2 Å². The minimum absolute atomic E-state index is 0.0706. The number of hydrogen-bond acceptors (Lipinski definition) is 2. The molecule has 19 heavy (non-hydrogen) atoms. The van der Waals surface area contributed by atoms with E-state index in [-0.39, 0.29) is 24.9 Å². The molecule has 0 saturated carbocycles. The van der Waals surface area contributed by atoms with Crippen LogP contribution in [0.5, 0.6) is 0 Å². The molecule has 0 bridgehead atoms. The van der Waals surface area contributed by atoms with Crippen LogP contribution in [-0.2, 0) is 0 Å². The lowest BCUT2D eigenvalue weighted by molar-refractivity contribution is -0.135. The molecule has 1 aromatic carbocycles. The summed E-state index contributed by atoms with van der Waals surface area (Å²) in [4.78, 5) is 12.0. The third-order valence-corrected chi connectivity index (χ3v) is 2.65. The molecule has 0 aliphatic heterocycles. The Morgan fingerprint density at radius 1 is 1.26 bits per heavy atom. The average molecular weight is 295 g/mol. The lowest BCUT2D eigenvalue weighted by atomic mass is 10.2. The van der Waals surface area contributed by atoms with E-state index in [9.17, 15) is 22.4 Å². The number of nitrogens with one attached hydrogen (secondary N) is 1. The molecule has 0 heterocycles. The van der Waals surface area contributed by atoms with Crippen molar-refractivity contribution in [1.82, 2.24) is 5.32 Å². The van der Waals surface area contributed by atoms with E-state index in [1.165, 1.54) is 12.1 Å². The summed E-state index contributed by atoms with van der Waals surface area (Å²) < 4.78 is 48.9. The molecule has 1 rings (SSSR count). The number of hydrogen-bond donors (Lipinski definition) is 2. The highest BCUT2D eigenvalue weighted by molar-refractivity contribution is 7.80. The fourth-order valence-corrected chi connectivity index (χ4v) is 1.64. The van der Waals surface area contributed by atoms with E-state index in [0.29, 0.717) is 4.90 Å². The van der Waals surface area contributed by atoms with Crippen LogP contribution in [0.4, 0.5) is 17.6 Å². The van der Waals surface area contributed by atoms with Crippen molar-refractivity contribution in [3.63, 3.8) is 0 Å². The maximum Gasteiger partial charge on any atom is 0.389 e. The predicted molar refractivity (Wildman–Crippen MR) is 65.9 cm³/mol. The zero-order valence-electron chi connectivity index (χ0n) is 9.93. The third kappa shape index (κ3) is 5.96. The third-order valence-electron chi connectivity index (χ3n) is 2.37. The van der Waals surface area contributed by atoms with Crippen molar-refractivity contribution in [2.75, 3.05) is 6.54 Å². The molecule has 106 valence electrons. The SMILES string of the molecule is O=C(NCCCCC(F)(F)F)c1cc(S)ccc1F. The standard InChI is InChI=1S/C12H13F4NOS/c13-10-4-3-8(19)7-9(10)11(18)17-6-2-1-5-12(14,15)16/h3-4,7,19H,1-2,5-6H2,(H,17,18). The van der Waals surface area contributed by atoms with Crippen LogP contribution in [-0.4, -0.2) is 18.6 Å². The van der Waals surface area contributed by atoms with E-state index in [0.717, 1.165) is 6.07 Å². The van der Waals surface area contributed by atoms with Crippen molar-refractivity contribution in [1.29, 1.82) is 0 Å². The molecule has 1 aromatic rings. The average Bonchev–Trinajstić information content (AvgIpc) is 2.30. The minimum atomic E-state index is -4.18. The maximum atomic E-state index is 13.3. The van der Waals surface area contributed by atoms with E-state index in [4.69, 9.17) is 0 Å². The zero-order chi connectivity index (χ0) is 14.5. The summed E-state index contributed by atoms with van der Waals surface area (Å²) in [7, 11) is 0. The van der Waals surface area contributed by atoms with Gasteiger partial charge < -0.3 is 5.32 Å². The van der Waals surface area contributed by atoms with Crippen molar-refractivity contribution in [2.45, 2.75) is 30.3 Å². The number of carbonyl (C=O) groups is 1. The van der Waals surface area contributed by atoms with Crippen molar-refractivity contribution in [2.24, 2.45) is 0 Å². The van der Waals surface area contributed by atoms with Gasteiger partial charge in [-0.05, 0) is 31.0 Å². The van der Waals surface area contributed by atoms with Crippen LogP contribution < -0.4 is 5.32 Å². The van der Waals surface area contributed by atoms with E-state index in [1.807, 2.05) is 0 Å². The minimum Gasteiger partial charge on any atom is -0.352 e. The summed E-state index contributed by atoms with van der Waals surface area (Å²) in [6, 6.07) is 3.78. The van der Waals surface area contributed by atoms with Crippen LogP contribution in [0, 0.1) is 5.82 Å². The van der Waals surface area contributed by atoms with E-state index < -0.39 is 24.3 Å². The number of alkyl halides is 3. The predicted octanol–water partition coefficient (Wildman–Crippen LogP) is 3.58. The number of unbranched alkanes of at least 4 members (excludes halogenated alkanes) is 1. The second-order valence-corrected chi connectivity index (χ2v) is 4.51. The van der Waals surface area contributed by atoms with Crippen molar-refractivity contribution < 1.29 is 22.4 Å². The first-order valence-corrected chi connectivity index (χ1v) is 6.08. The highest BCUT2D eigenvalue weighted by Crippen LogP contribution is 2.21. The number of benzene rings is 1. The van der Waals surface area contributed by atoms with Crippen LogP contribution >= 0.6 is 12.6 Å². The van der Waals surface area contributed by atoms with Gasteiger partial charge in [0.15, 0.2) is 0 Å². The molecule has 0 spiro atoms. The van der Waals surface area contributed by atoms with E-state index in [1.54, 1.807) is 0 Å². The molecule has 0 radical (unpaired) electrons. The molecule has 0 saturated heterocycles. The zero-order valence-corrected chi connectivity index (χ0v) is 10.8. The van der Waals surface area contributed by atoms with Crippen LogP contribution in [0.2, 0.25) is 0 Å². The summed E-state index contributed by atoms with van der Waals surface area (Å²) >= 11 is 3.98. The van der Waals surface area contributed by atoms with Gasteiger partial charge in [0.25, 0.3) is 5.91 Å². The molecule has 2 nitrogen and oxygen atoms in total. The fraction of sp³-hybridized carbons (Fsp3) is 0.417. The van der Waals surface area contributed by atoms with Crippen LogP contribution in [0.3, 0.4) is 0 Å². The van der Waals surface area contributed by atoms with Gasteiger partial charge in [-0.1, -0.05) is 0 Å². The Labute approximate surface area is 113 Å². The summed E-state index contributed by atoms with van der Waals surface area (Å²) in [6.07, 6.45) is -4.95. The monoisotopic (exact) mass is 295 g/mol. The second kappa shape index (κ2) is 6.79. The van der Waals surface area contributed by atoms with Crippen LogP contribution in [0.15, 0.2) is 23.1 Å². The molecular formula is C12H13F4NOS. The Balaban J connectivity index is 2.38. The quantitative estimate of drug-likeness (QED) is 0.485. The van der Waals surface area contributed by atoms with E-state index in [2.05, 4.69) is 17.9 Å². The van der Waals surface area contributed by atoms with Crippen molar-refractivity contribution >= 4 is 18.5 Å². The molecule has 0 atom stereocenters. The fourth-order valence-electron chi connectivity index (χ4n) is 1.43. The first kappa shape index (κ1) is 15.8. The van der Waals surface area contributed by atoms with Gasteiger partial charge >= 0.3 is 6.18 Å². The first-order valence-electron chi connectivity index (χ1n) is 5.63. The summed E-state index contributed by atoms with van der Waals surface area (Å²) in [5.41, 5.74) is -0.164. The smallest absolute Gasteiger partial charge is 0.352 e. The highest BCUT2D eigenvalue weighted by Gasteiger charge is 2.25. The summed E-state index contributed by atoms with van der Waals surface area (Å²) in [5.74, 6) is -1.34. The van der Waals surface area contributed by atoms with Gasteiger partial charge in [-0.25, -0.2) is 4.39 Å². The molecule has 1 amide bonds. The topological polar surface area (TPSA) is 29.1 Å². The van der Waals surface area contributed by atoms with Gasteiger partial charge in [0.1, 0.15) is 5.82 Å². The Bertz CT molecular complexity index is 448. The second-order valence-electron chi connectivity index (χ2n) is 3.99. The molecule has 0 fully saturated rings. The highest BCUT2D eigenvalue weighted by atomic mass is 32.1. The maximum absolute atomic E-state index is 13.3. The van der Waals surface area contributed by atoms with Gasteiger partial charge in [0.05, 0.1) is 5.56 Å². The van der Waals surface area contributed by atoms with Crippen LogP contribution in [0.1, 0.15) is 29.6 Å². The number of halogens is 4. The number of amides is 1. The van der Waals surface area contributed by atoms with Gasteiger partial charge in [0, 0.05) is 17.9 Å². The molecule has 0 aliphatic carbocycles. The van der Waals surface area contributed by atoms with Crippen LogP contribution in [0.25, 0.3) is 0 Å². The summed E-state index contributed by atoms with van der Waals surface area (Å²) in [6.45, 7) is 0.0746. The molecule has 0 aliphatic rings. The largest absolute Gasteiger partial charge is 0.389 e.